The molecule has 2 atom stereocenters. The van der Waals surface area contributed by atoms with Crippen LogP contribution in [0.3, 0.4) is 0 Å². The average molecular weight is 214 g/mol. The minimum Gasteiger partial charge on any atom is -0.469 e. The predicted molar refractivity (Wildman–Crippen MR) is 55.2 cm³/mol. The van der Waals surface area contributed by atoms with Crippen LogP contribution in [0.1, 0.15) is 13.3 Å². The Morgan fingerprint density at radius 3 is 2.60 bits per heavy atom. The van der Waals surface area contributed by atoms with Crippen molar-refractivity contribution >= 4 is 11.9 Å². The number of methoxy groups -OCH3 is 1. The van der Waals surface area contributed by atoms with Crippen LogP contribution in [0.4, 0.5) is 0 Å². The zero-order valence-electron chi connectivity index (χ0n) is 9.45. The van der Waals surface area contributed by atoms with Gasteiger partial charge in [0.25, 0.3) is 0 Å². The largest absolute Gasteiger partial charge is 0.469 e. The van der Waals surface area contributed by atoms with Crippen LogP contribution in [0.25, 0.3) is 0 Å². The molecule has 0 aromatic rings. The number of likely N-dealkylation sites (N-methyl/N-ethyl adjacent to an activating group) is 1. The Morgan fingerprint density at radius 2 is 2.07 bits per heavy atom. The van der Waals surface area contributed by atoms with Gasteiger partial charge in [-0.1, -0.05) is 0 Å². The van der Waals surface area contributed by atoms with Crippen molar-refractivity contribution in [1.29, 1.82) is 0 Å². The van der Waals surface area contributed by atoms with Gasteiger partial charge in [0.05, 0.1) is 13.0 Å². The molecule has 0 saturated carbocycles. The summed E-state index contributed by atoms with van der Waals surface area (Å²) in [6.07, 6.45) is 0.663. The van der Waals surface area contributed by atoms with Crippen LogP contribution in [0.15, 0.2) is 0 Å². The molecule has 1 aliphatic rings. The van der Waals surface area contributed by atoms with E-state index < -0.39 is 0 Å². The van der Waals surface area contributed by atoms with Gasteiger partial charge in [-0.3, -0.25) is 9.59 Å². The predicted octanol–water partition coefficient (Wildman–Crippen LogP) is -0.384. The third-order valence-electron chi connectivity index (χ3n) is 2.58. The van der Waals surface area contributed by atoms with E-state index in [0.717, 1.165) is 6.54 Å². The third-order valence-corrected chi connectivity index (χ3v) is 2.58. The summed E-state index contributed by atoms with van der Waals surface area (Å²) >= 11 is 0. The molecule has 15 heavy (non-hydrogen) atoms. The molecule has 5 nitrogen and oxygen atoms in total. The highest BCUT2D eigenvalue weighted by molar-refractivity contribution is 5.74. The summed E-state index contributed by atoms with van der Waals surface area (Å²) < 4.78 is 4.71. The summed E-state index contributed by atoms with van der Waals surface area (Å²) in [5.74, 6) is -0.388. The van der Waals surface area contributed by atoms with Gasteiger partial charge in [-0.25, -0.2) is 0 Å². The number of piperidine rings is 1. The van der Waals surface area contributed by atoms with Gasteiger partial charge in [-0.05, 0) is 13.5 Å². The van der Waals surface area contributed by atoms with Gasteiger partial charge < -0.3 is 15.0 Å². The van der Waals surface area contributed by atoms with Crippen molar-refractivity contribution in [3.05, 3.63) is 0 Å². The smallest absolute Gasteiger partial charge is 0.310 e. The van der Waals surface area contributed by atoms with Gasteiger partial charge in [-0.2, -0.15) is 0 Å². The highest BCUT2D eigenvalue weighted by Gasteiger charge is 2.30. The lowest BCUT2D eigenvalue weighted by atomic mass is 9.94. The number of rotatable bonds is 2. The zero-order chi connectivity index (χ0) is 11.4. The molecule has 0 aliphatic carbocycles. The van der Waals surface area contributed by atoms with Crippen molar-refractivity contribution in [2.45, 2.75) is 19.4 Å². The van der Waals surface area contributed by atoms with Crippen LogP contribution >= 0.6 is 0 Å². The van der Waals surface area contributed by atoms with Crippen LogP contribution in [-0.2, 0) is 14.3 Å². The summed E-state index contributed by atoms with van der Waals surface area (Å²) in [6, 6.07) is 0.0466. The lowest BCUT2D eigenvalue weighted by Gasteiger charge is -2.34. The minimum absolute atomic E-state index is 0.0466. The molecule has 1 aliphatic heterocycles. The molecule has 2 unspecified atom stereocenters. The highest BCUT2D eigenvalue weighted by atomic mass is 16.5. The fourth-order valence-corrected chi connectivity index (χ4v) is 2.05. The highest BCUT2D eigenvalue weighted by Crippen LogP contribution is 2.16. The van der Waals surface area contributed by atoms with Crippen molar-refractivity contribution < 1.29 is 14.3 Å². The number of nitrogens with one attached hydrogen (secondary N) is 1. The van der Waals surface area contributed by atoms with Crippen LogP contribution < -0.4 is 5.32 Å². The summed E-state index contributed by atoms with van der Waals surface area (Å²) in [6.45, 7) is 2.97. The first-order chi connectivity index (χ1) is 7.02. The molecule has 1 rings (SSSR count). The van der Waals surface area contributed by atoms with Crippen LogP contribution in [0, 0.1) is 5.92 Å². The Morgan fingerprint density at radius 1 is 1.40 bits per heavy atom. The average Bonchev–Trinajstić information content (AvgIpc) is 2.14. The zero-order valence-corrected chi connectivity index (χ0v) is 9.45. The molecule has 0 radical (unpaired) electrons. The normalized spacial score (nSPS) is 27.1. The maximum atomic E-state index is 11.4. The standard InChI is InChI=1S/C10H18N2O3/c1-7(13)11-9-4-8(10(14)15-3)5-12(2)6-9/h8-9H,4-6H2,1-3H3,(H,11,13). The maximum Gasteiger partial charge on any atom is 0.310 e. The fourth-order valence-electron chi connectivity index (χ4n) is 2.05. The minimum atomic E-state index is -0.197. The van der Waals surface area contributed by atoms with E-state index in [-0.39, 0.29) is 23.8 Å². The van der Waals surface area contributed by atoms with Gasteiger partial charge in [-0.15, -0.1) is 0 Å². The topological polar surface area (TPSA) is 58.6 Å². The molecular weight excluding hydrogens is 196 g/mol. The second kappa shape index (κ2) is 5.11. The Labute approximate surface area is 89.8 Å². The summed E-state index contributed by atoms with van der Waals surface area (Å²) in [5, 5.41) is 2.83. The number of carbonyl (C=O) groups excluding carboxylic acids is 2. The molecule has 1 fully saturated rings. The van der Waals surface area contributed by atoms with E-state index >= 15 is 0 Å². The molecule has 0 aromatic heterocycles. The summed E-state index contributed by atoms with van der Waals surface area (Å²) in [4.78, 5) is 24.3. The number of amides is 1. The van der Waals surface area contributed by atoms with Gasteiger partial charge in [0.1, 0.15) is 0 Å². The summed E-state index contributed by atoms with van der Waals surface area (Å²) in [7, 11) is 3.33. The van der Waals surface area contributed by atoms with Crippen molar-refractivity contribution in [2.75, 3.05) is 27.2 Å². The molecule has 1 amide bonds. The quantitative estimate of drug-likeness (QED) is 0.636. The Bertz CT molecular complexity index is 255. The van der Waals surface area contributed by atoms with E-state index in [1.807, 2.05) is 11.9 Å². The number of carbonyl (C=O) groups is 2. The van der Waals surface area contributed by atoms with Gasteiger partial charge in [0.15, 0.2) is 0 Å². The van der Waals surface area contributed by atoms with Crippen molar-refractivity contribution in [3.8, 4) is 0 Å². The Kier molecular flexibility index (Phi) is 4.08. The number of hydrogen-bond acceptors (Lipinski definition) is 4. The molecule has 0 aromatic carbocycles. The van der Waals surface area contributed by atoms with E-state index in [0.29, 0.717) is 13.0 Å². The second-order valence-corrected chi connectivity index (χ2v) is 4.07. The van der Waals surface area contributed by atoms with E-state index in [2.05, 4.69) is 5.32 Å². The first-order valence-corrected chi connectivity index (χ1v) is 5.06. The van der Waals surface area contributed by atoms with Crippen molar-refractivity contribution in [2.24, 2.45) is 5.92 Å². The molecule has 1 heterocycles. The van der Waals surface area contributed by atoms with E-state index in [1.165, 1.54) is 14.0 Å². The van der Waals surface area contributed by atoms with Crippen molar-refractivity contribution in [3.63, 3.8) is 0 Å². The Balaban J connectivity index is 2.55. The second-order valence-electron chi connectivity index (χ2n) is 4.07. The third kappa shape index (κ3) is 3.51. The fraction of sp³-hybridized carbons (Fsp3) is 0.800. The molecule has 1 saturated heterocycles. The molecule has 5 heteroatoms. The van der Waals surface area contributed by atoms with E-state index in [1.54, 1.807) is 0 Å². The first-order valence-electron chi connectivity index (χ1n) is 5.06. The Hall–Kier alpha value is -1.10. The lowest BCUT2D eigenvalue weighted by molar-refractivity contribution is -0.147. The monoisotopic (exact) mass is 214 g/mol. The van der Waals surface area contributed by atoms with E-state index in [9.17, 15) is 9.59 Å². The molecular formula is C10H18N2O3. The van der Waals surface area contributed by atoms with Crippen molar-refractivity contribution in [1.82, 2.24) is 10.2 Å². The maximum absolute atomic E-state index is 11.4. The number of likely N-dealkylation sites (tertiary alicyclic amines) is 1. The van der Waals surface area contributed by atoms with Gasteiger partial charge in [0.2, 0.25) is 5.91 Å². The molecule has 1 N–H and O–H groups in total. The molecule has 0 bridgehead atoms. The molecule has 0 spiro atoms. The number of nitrogens with zero attached hydrogens (tertiary/aromatic N) is 1. The number of ether oxygens (including phenoxy) is 1. The van der Waals surface area contributed by atoms with Crippen LogP contribution in [0.5, 0.6) is 0 Å². The SMILES string of the molecule is COC(=O)C1CC(NC(C)=O)CN(C)C1. The summed E-state index contributed by atoms with van der Waals surface area (Å²) in [5.41, 5.74) is 0. The van der Waals surface area contributed by atoms with Gasteiger partial charge in [0, 0.05) is 26.1 Å². The number of esters is 1. The first kappa shape index (κ1) is 12.0. The van der Waals surface area contributed by atoms with Crippen LogP contribution in [-0.4, -0.2) is 50.1 Å². The lowest BCUT2D eigenvalue weighted by Crippen LogP contribution is -2.50. The number of hydrogen-bond donors (Lipinski definition) is 1. The van der Waals surface area contributed by atoms with E-state index in [4.69, 9.17) is 4.74 Å². The molecule has 86 valence electrons. The van der Waals surface area contributed by atoms with Crippen LogP contribution in [0.2, 0.25) is 0 Å². The van der Waals surface area contributed by atoms with Gasteiger partial charge >= 0.3 is 5.97 Å².